The number of benzene rings is 3. The molecule has 11 heteroatoms. The molecule has 3 aromatic rings. The van der Waals surface area contributed by atoms with E-state index in [1.807, 2.05) is 46.2 Å². The fraction of sp³-hybridized carbons (Fsp3) is 0.276. The number of carbonyl (C=O) groups is 3. The minimum Gasteiger partial charge on any atom is -0.468 e. The van der Waals surface area contributed by atoms with Crippen LogP contribution >= 0.6 is 34.8 Å². The molecule has 40 heavy (non-hydrogen) atoms. The van der Waals surface area contributed by atoms with Gasteiger partial charge in [-0.05, 0) is 53.1 Å². The predicted octanol–water partition coefficient (Wildman–Crippen LogP) is 5.26. The quantitative estimate of drug-likeness (QED) is 0.342. The second kappa shape index (κ2) is 11.8. The van der Waals surface area contributed by atoms with Crippen LogP contribution in [0.5, 0.6) is 0 Å². The molecule has 0 bridgehead atoms. The Hall–Kier alpha value is -3.14. The fourth-order valence-corrected chi connectivity index (χ4v) is 5.98. The first kappa shape index (κ1) is 28.4. The summed E-state index contributed by atoms with van der Waals surface area (Å²) in [5, 5.41) is 1.62. The monoisotopic (exact) mass is 601 g/mol. The van der Waals surface area contributed by atoms with Crippen molar-refractivity contribution in [2.45, 2.75) is 24.4 Å². The van der Waals surface area contributed by atoms with Gasteiger partial charge in [0.25, 0.3) is 0 Å². The van der Waals surface area contributed by atoms with Gasteiger partial charge in [-0.15, -0.1) is 0 Å². The molecule has 0 aromatic heterocycles. The lowest BCUT2D eigenvalue weighted by Gasteiger charge is -2.37. The molecule has 208 valence electrons. The Bertz CT molecular complexity index is 1360. The highest BCUT2D eigenvalue weighted by molar-refractivity contribution is 6.31. The molecular weight excluding hydrogens is 577 g/mol. The van der Waals surface area contributed by atoms with Gasteiger partial charge in [-0.1, -0.05) is 71.2 Å². The number of carbonyl (C=O) groups excluding carboxylic acids is 3. The van der Waals surface area contributed by atoms with Gasteiger partial charge in [0.15, 0.2) is 0 Å². The number of hydrogen-bond acceptors (Lipinski definition) is 7. The Morgan fingerprint density at radius 1 is 0.650 bits per heavy atom. The topological polar surface area (TPSA) is 79.4 Å². The third-order valence-electron chi connectivity index (χ3n) is 7.30. The average Bonchev–Trinajstić information content (AvgIpc) is 3.41. The highest BCUT2D eigenvalue weighted by Crippen LogP contribution is 2.54. The van der Waals surface area contributed by atoms with Crippen LogP contribution in [0, 0.1) is 0 Å². The summed E-state index contributed by atoms with van der Waals surface area (Å²) < 4.78 is 10.0. The highest BCUT2D eigenvalue weighted by Gasteiger charge is 2.61. The van der Waals surface area contributed by atoms with Gasteiger partial charge in [0.1, 0.15) is 18.8 Å². The van der Waals surface area contributed by atoms with Crippen molar-refractivity contribution in [2.75, 3.05) is 27.3 Å². The van der Waals surface area contributed by atoms with Crippen LogP contribution in [0.2, 0.25) is 15.1 Å². The molecule has 0 N–H and O–H groups in total. The number of fused-ring (bicyclic) bond motifs is 1. The van der Waals surface area contributed by atoms with Crippen molar-refractivity contribution < 1.29 is 23.9 Å². The van der Waals surface area contributed by atoms with Crippen molar-refractivity contribution in [3.8, 4) is 0 Å². The van der Waals surface area contributed by atoms with Crippen molar-refractivity contribution in [3.05, 3.63) is 105 Å². The zero-order chi connectivity index (χ0) is 28.6. The highest BCUT2D eigenvalue weighted by atomic mass is 35.5. The second-order valence-corrected chi connectivity index (χ2v) is 10.8. The lowest BCUT2D eigenvalue weighted by molar-refractivity contribution is -0.148. The van der Waals surface area contributed by atoms with E-state index in [1.54, 1.807) is 36.4 Å². The number of nitrogens with zero attached hydrogens (tertiary/aromatic N) is 3. The molecule has 8 nitrogen and oxygen atoms in total. The summed E-state index contributed by atoms with van der Waals surface area (Å²) in [7, 11) is 2.61. The Balaban J connectivity index is 1.74. The molecule has 0 unspecified atom stereocenters. The van der Waals surface area contributed by atoms with Gasteiger partial charge in [0.05, 0.1) is 33.0 Å². The Labute approximate surface area is 246 Å². The molecule has 2 saturated heterocycles. The molecule has 4 atom stereocenters. The summed E-state index contributed by atoms with van der Waals surface area (Å²) in [4.78, 5) is 45.1. The van der Waals surface area contributed by atoms with Crippen molar-refractivity contribution >= 4 is 52.6 Å². The largest absolute Gasteiger partial charge is 0.468 e. The maximum absolute atomic E-state index is 14.3. The number of halogens is 3. The first-order valence-corrected chi connectivity index (χ1v) is 13.6. The molecule has 2 heterocycles. The van der Waals surface area contributed by atoms with E-state index in [9.17, 15) is 14.4 Å². The summed E-state index contributed by atoms with van der Waals surface area (Å²) in [6.45, 7) is -0.352. The smallest absolute Gasteiger partial charge is 0.325 e. The Morgan fingerprint density at radius 3 is 1.55 bits per heavy atom. The molecule has 5 rings (SSSR count). The average molecular weight is 603 g/mol. The zero-order valence-corrected chi connectivity index (χ0v) is 23.9. The normalized spacial score (nSPS) is 22.8. The summed E-state index contributed by atoms with van der Waals surface area (Å²) in [5.41, 5.74) is 2.34. The summed E-state index contributed by atoms with van der Waals surface area (Å²) in [6, 6.07) is 20.2. The van der Waals surface area contributed by atoms with Gasteiger partial charge in [-0.3, -0.25) is 19.3 Å². The van der Waals surface area contributed by atoms with E-state index < -0.39 is 36.4 Å². The minimum atomic E-state index is -0.767. The van der Waals surface area contributed by atoms with Crippen LogP contribution in [0.25, 0.3) is 0 Å². The first-order valence-electron chi connectivity index (χ1n) is 12.5. The Kier molecular flexibility index (Phi) is 8.35. The number of esters is 2. The molecule has 0 saturated carbocycles. The molecule has 0 spiro atoms. The lowest BCUT2D eigenvalue weighted by Crippen LogP contribution is -2.43. The molecule has 2 aliphatic heterocycles. The molecule has 2 aliphatic rings. The number of amides is 1. The van der Waals surface area contributed by atoms with Gasteiger partial charge in [-0.2, -0.15) is 0 Å². The number of rotatable bonds is 7. The van der Waals surface area contributed by atoms with Gasteiger partial charge in [0, 0.05) is 15.1 Å². The third-order valence-corrected chi connectivity index (χ3v) is 8.06. The summed E-state index contributed by atoms with van der Waals surface area (Å²) in [6.07, 6.45) is -1.25. The second-order valence-electron chi connectivity index (χ2n) is 9.53. The van der Waals surface area contributed by atoms with Crippen LogP contribution in [0.1, 0.15) is 35.1 Å². The van der Waals surface area contributed by atoms with E-state index in [1.165, 1.54) is 19.1 Å². The van der Waals surface area contributed by atoms with E-state index >= 15 is 0 Å². The third kappa shape index (κ3) is 5.30. The number of ether oxygens (including phenoxy) is 2. The SMILES string of the molecule is COC(=O)CN1C(=O)[C@@H]2[C@@H](c3ccc(Cl)cc3)N(CC(=O)OC)[C@@H](c3ccc(Cl)cc3)N2[C@H]1c1ccc(Cl)cc1. The van der Waals surface area contributed by atoms with Gasteiger partial charge in [0.2, 0.25) is 5.91 Å². The number of methoxy groups -OCH3 is 2. The standard InChI is InChI=1S/C29H26Cl3N3O5/c1-39-23(36)15-33-25(17-3-9-20(30)10-4-17)26-29(38)34(16-24(37)40-2)28(19-7-13-22(32)14-8-19)35(26)27(33)18-5-11-21(31)12-6-18/h3-14,25-28H,15-16H2,1-2H3/t25-,26+,27-,28+/m1/s1. The number of hydrogen-bond donors (Lipinski definition) is 0. The lowest BCUT2D eigenvalue weighted by atomic mass is 9.98. The maximum Gasteiger partial charge on any atom is 0.325 e. The van der Waals surface area contributed by atoms with E-state index in [-0.39, 0.29) is 19.0 Å². The van der Waals surface area contributed by atoms with E-state index in [2.05, 4.69) is 0 Å². The van der Waals surface area contributed by atoms with Crippen molar-refractivity contribution in [1.29, 1.82) is 0 Å². The van der Waals surface area contributed by atoms with Gasteiger partial charge >= 0.3 is 11.9 Å². The molecule has 3 aromatic carbocycles. The Morgan fingerprint density at radius 2 is 1.07 bits per heavy atom. The molecule has 0 radical (unpaired) electrons. The zero-order valence-electron chi connectivity index (χ0n) is 21.7. The van der Waals surface area contributed by atoms with Crippen LogP contribution in [-0.2, 0) is 23.9 Å². The van der Waals surface area contributed by atoms with Crippen molar-refractivity contribution in [2.24, 2.45) is 0 Å². The van der Waals surface area contributed by atoms with Crippen LogP contribution in [0.4, 0.5) is 0 Å². The molecule has 0 aliphatic carbocycles. The van der Waals surface area contributed by atoms with Gasteiger partial charge in [-0.25, -0.2) is 4.90 Å². The van der Waals surface area contributed by atoms with E-state index in [4.69, 9.17) is 44.3 Å². The van der Waals surface area contributed by atoms with Crippen LogP contribution in [0.15, 0.2) is 72.8 Å². The fourth-order valence-electron chi connectivity index (χ4n) is 5.61. The van der Waals surface area contributed by atoms with Crippen LogP contribution in [-0.4, -0.2) is 65.9 Å². The van der Waals surface area contributed by atoms with E-state index in [0.29, 0.717) is 15.1 Å². The van der Waals surface area contributed by atoms with Crippen molar-refractivity contribution in [3.63, 3.8) is 0 Å². The molecule has 1 amide bonds. The first-order chi connectivity index (χ1) is 19.2. The summed E-state index contributed by atoms with van der Waals surface area (Å²) >= 11 is 18.6. The molecular formula is C29H26Cl3N3O5. The van der Waals surface area contributed by atoms with Gasteiger partial charge < -0.3 is 14.4 Å². The maximum atomic E-state index is 14.3. The predicted molar refractivity (Wildman–Crippen MR) is 151 cm³/mol. The van der Waals surface area contributed by atoms with Crippen molar-refractivity contribution in [1.82, 2.24) is 14.7 Å². The minimum absolute atomic E-state index is 0.0955. The van der Waals surface area contributed by atoms with Crippen LogP contribution in [0.3, 0.4) is 0 Å². The summed E-state index contributed by atoms with van der Waals surface area (Å²) in [5.74, 6) is -1.29. The van der Waals surface area contributed by atoms with E-state index in [0.717, 1.165) is 16.7 Å². The van der Waals surface area contributed by atoms with Crippen LogP contribution < -0.4 is 0 Å². The molecule has 2 fully saturated rings.